The zero-order valence-corrected chi connectivity index (χ0v) is 10.5. The van der Waals surface area contributed by atoms with E-state index in [2.05, 4.69) is 26.6 Å². The summed E-state index contributed by atoms with van der Waals surface area (Å²) in [7, 11) is 0. The van der Waals surface area contributed by atoms with Crippen molar-refractivity contribution in [2.24, 2.45) is 0 Å². The molecule has 0 aliphatic heterocycles. The summed E-state index contributed by atoms with van der Waals surface area (Å²) in [5, 5.41) is 5.19. The minimum absolute atomic E-state index is 0.727. The van der Waals surface area contributed by atoms with E-state index in [1.54, 1.807) is 11.3 Å². The number of aryl methyl sites for hydroxylation is 3. The average molecular weight is 240 g/mol. The highest BCUT2D eigenvalue weighted by molar-refractivity contribution is 7.11. The first-order valence-corrected chi connectivity index (χ1v) is 6.21. The van der Waals surface area contributed by atoms with Gasteiger partial charge in [0.05, 0.1) is 17.2 Å². The molecule has 0 spiro atoms. The Labute approximate surface area is 96.6 Å². The number of anilines is 1. The van der Waals surface area contributed by atoms with Crippen LogP contribution in [0.25, 0.3) is 0 Å². The van der Waals surface area contributed by atoms with E-state index in [9.17, 15) is 0 Å². The zero-order chi connectivity index (χ0) is 10.8. The Hall–Kier alpha value is -1.01. The highest BCUT2D eigenvalue weighted by Crippen LogP contribution is 2.18. The molecular formula is C9H12N4S2. The minimum Gasteiger partial charge on any atom is -0.355 e. The lowest BCUT2D eigenvalue weighted by Gasteiger charge is -1.99. The van der Waals surface area contributed by atoms with Crippen LogP contribution in [0.5, 0.6) is 0 Å². The van der Waals surface area contributed by atoms with Crippen LogP contribution in [0.1, 0.15) is 21.4 Å². The summed E-state index contributed by atoms with van der Waals surface area (Å²) in [6, 6.07) is 0. The predicted octanol–water partition coefficient (Wildman–Crippen LogP) is 2.53. The molecule has 0 saturated carbocycles. The van der Waals surface area contributed by atoms with Crippen LogP contribution >= 0.6 is 22.9 Å². The second-order valence-corrected chi connectivity index (χ2v) is 5.40. The molecule has 2 rings (SSSR count). The van der Waals surface area contributed by atoms with Gasteiger partial charge in [0.1, 0.15) is 5.82 Å². The lowest BCUT2D eigenvalue weighted by atomic mass is 10.4. The van der Waals surface area contributed by atoms with E-state index in [0.29, 0.717) is 0 Å². The van der Waals surface area contributed by atoms with Crippen LogP contribution in [0.4, 0.5) is 5.13 Å². The maximum Gasteiger partial charge on any atom is 0.202 e. The Morgan fingerprint density at radius 1 is 1.20 bits per heavy atom. The van der Waals surface area contributed by atoms with Gasteiger partial charge in [0.2, 0.25) is 5.13 Å². The van der Waals surface area contributed by atoms with Crippen molar-refractivity contribution in [3.05, 3.63) is 21.4 Å². The van der Waals surface area contributed by atoms with Gasteiger partial charge in [-0.25, -0.2) is 9.97 Å². The molecule has 4 nitrogen and oxygen atoms in total. The number of aromatic nitrogens is 3. The summed E-state index contributed by atoms with van der Waals surface area (Å²) < 4.78 is 4.11. The number of nitrogens with one attached hydrogen (secondary N) is 1. The predicted molar refractivity (Wildman–Crippen MR) is 63.6 cm³/mol. The van der Waals surface area contributed by atoms with E-state index in [1.165, 1.54) is 16.4 Å². The number of thiazole rings is 1. The molecule has 2 aromatic heterocycles. The van der Waals surface area contributed by atoms with Gasteiger partial charge >= 0.3 is 0 Å². The molecule has 6 heteroatoms. The highest BCUT2D eigenvalue weighted by Gasteiger charge is 2.05. The van der Waals surface area contributed by atoms with E-state index < -0.39 is 0 Å². The maximum atomic E-state index is 4.44. The van der Waals surface area contributed by atoms with Crippen molar-refractivity contribution >= 4 is 28.0 Å². The summed E-state index contributed by atoms with van der Waals surface area (Å²) in [6.45, 7) is 6.73. The quantitative estimate of drug-likeness (QED) is 0.895. The SMILES string of the molecule is Cc1nsc(NCc2nc(C)sc2C)n1. The lowest BCUT2D eigenvalue weighted by Crippen LogP contribution is -2.00. The Kier molecular flexibility index (Phi) is 2.97. The molecule has 2 aromatic rings. The first-order chi connectivity index (χ1) is 7.15. The van der Waals surface area contributed by atoms with E-state index in [1.807, 2.05) is 13.8 Å². The molecule has 0 aromatic carbocycles. The average Bonchev–Trinajstić information content (AvgIpc) is 2.70. The van der Waals surface area contributed by atoms with Gasteiger partial charge in [-0.3, -0.25) is 0 Å². The molecule has 0 fully saturated rings. The molecule has 15 heavy (non-hydrogen) atoms. The molecule has 0 saturated heterocycles. The van der Waals surface area contributed by atoms with Crippen molar-refractivity contribution in [1.82, 2.24) is 14.3 Å². The van der Waals surface area contributed by atoms with Gasteiger partial charge in [0.15, 0.2) is 0 Å². The Balaban J connectivity index is 2.01. The zero-order valence-electron chi connectivity index (χ0n) is 8.87. The number of hydrogen-bond donors (Lipinski definition) is 1. The first-order valence-electron chi connectivity index (χ1n) is 4.62. The fraction of sp³-hybridized carbons (Fsp3) is 0.444. The van der Waals surface area contributed by atoms with Crippen LogP contribution in [0, 0.1) is 20.8 Å². The molecule has 80 valence electrons. The first kappa shape index (κ1) is 10.5. The summed E-state index contributed by atoms with van der Waals surface area (Å²) in [6.07, 6.45) is 0. The molecule has 1 N–H and O–H groups in total. The Bertz CT molecular complexity index is 460. The van der Waals surface area contributed by atoms with Gasteiger partial charge in [-0.05, 0) is 20.8 Å². The third-order valence-electron chi connectivity index (χ3n) is 1.93. The summed E-state index contributed by atoms with van der Waals surface area (Å²) in [5.74, 6) is 0.814. The number of hydrogen-bond acceptors (Lipinski definition) is 6. The second kappa shape index (κ2) is 4.24. The molecule has 0 aliphatic rings. The van der Waals surface area contributed by atoms with E-state index in [0.717, 1.165) is 28.2 Å². The lowest BCUT2D eigenvalue weighted by molar-refractivity contribution is 1.03. The normalized spacial score (nSPS) is 10.6. The van der Waals surface area contributed by atoms with Crippen molar-refractivity contribution in [2.45, 2.75) is 27.3 Å². The van der Waals surface area contributed by atoms with Crippen LogP contribution in [-0.4, -0.2) is 14.3 Å². The monoisotopic (exact) mass is 240 g/mol. The third kappa shape index (κ3) is 2.51. The Morgan fingerprint density at radius 3 is 2.53 bits per heavy atom. The van der Waals surface area contributed by atoms with Crippen LogP contribution < -0.4 is 5.32 Å². The molecule has 0 bridgehead atoms. The molecule has 2 heterocycles. The van der Waals surface area contributed by atoms with Gasteiger partial charge in [-0.2, -0.15) is 4.37 Å². The largest absolute Gasteiger partial charge is 0.355 e. The van der Waals surface area contributed by atoms with Crippen LogP contribution in [0.15, 0.2) is 0 Å². The van der Waals surface area contributed by atoms with Crippen molar-refractivity contribution in [3.8, 4) is 0 Å². The minimum atomic E-state index is 0.727. The topological polar surface area (TPSA) is 50.7 Å². The molecular weight excluding hydrogens is 228 g/mol. The van der Waals surface area contributed by atoms with Crippen LogP contribution in [0.3, 0.4) is 0 Å². The molecule has 0 aliphatic carbocycles. The van der Waals surface area contributed by atoms with Crippen LogP contribution in [-0.2, 0) is 6.54 Å². The summed E-state index contributed by atoms with van der Waals surface area (Å²) in [4.78, 5) is 9.94. The molecule has 0 amide bonds. The van der Waals surface area contributed by atoms with Crippen molar-refractivity contribution in [2.75, 3.05) is 5.32 Å². The smallest absolute Gasteiger partial charge is 0.202 e. The second-order valence-electron chi connectivity index (χ2n) is 3.24. The van der Waals surface area contributed by atoms with Crippen molar-refractivity contribution < 1.29 is 0 Å². The van der Waals surface area contributed by atoms with Gasteiger partial charge in [-0.15, -0.1) is 11.3 Å². The molecule has 0 radical (unpaired) electrons. The summed E-state index contributed by atoms with van der Waals surface area (Å²) >= 11 is 3.11. The highest BCUT2D eigenvalue weighted by atomic mass is 32.1. The number of rotatable bonds is 3. The fourth-order valence-corrected chi connectivity index (χ4v) is 2.67. The van der Waals surface area contributed by atoms with Crippen molar-refractivity contribution in [3.63, 3.8) is 0 Å². The fourth-order valence-electron chi connectivity index (χ4n) is 1.26. The van der Waals surface area contributed by atoms with E-state index >= 15 is 0 Å². The standard InChI is InChI=1S/C9H12N4S2/c1-5-8(12-7(3)14-5)4-10-9-11-6(2)13-15-9/h4H2,1-3H3,(H,10,11,13). The van der Waals surface area contributed by atoms with Crippen molar-refractivity contribution in [1.29, 1.82) is 0 Å². The van der Waals surface area contributed by atoms with Crippen LogP contribution in [0.2, 0.25) is 0 Å². The Morgan fingerprint density at radius 2 is 2.00 bits per heavy atom. The molecule has 0 unspecified atom stereocenters. The van der Waals surface area contributed by atoms with E-state index in [-0.39, 0.29) is 0 Å². The maximum absolute atomic E-state index is 4.44. The van der Waals surface area contributed by atoms with Gasteiger partial charge in [0, 0.05) is 16.4 Å². The van der Waals surface area contributed by atoms with Gasteiger partial charge < -0.3 is 5.32 Å². The molecule has 0 atom stereocenters. The summed E-state index contributed by atoms with van der Waals surface area (Å²) in [5.41, 5.74) is 1.10. The van der Waals surface area contributed by atoms with Gasteiger partial charge in [-0.1, -0.05) is 0 Å². The van der Waals surface area contributed by atoms with E-state index in [4.69, 9.17) is 0 Å². The third-order valence-corrected chi connectivity index (χ3v) is 3.63. The number of nitrogens with zero attached hydrogens (tertiary/aromatic N) is 3. The van der Waals surface area contributed by atoms with Gasteiger partial charge in [0.25, 0.3) is 0 Å².